The highest BCUT2D eigenvalue weighted by atomic mass is 19.3. The maximum absolute atomic E-state index is 11.9. The van der Waals surface area contributed by atoms with Gasteiger partial charge in [-0.2, -0.15) is 7.05 Å². The zero-order valence-electron chi connectivity index (χ0n) is 6.52. The number of alkyl halides is 2. The smallest absolute Gasteiger partial charge is 0.251 e. The van der Waals surface area contributed by atoms with Crippen molar-refractivity contribution >= 4 is 0 Å². The van der Waals surface area contributed by atoms with Crippen LogP contribution < -0.4 is 4.90 Å². The molecule has 0 atom stereocenters. The Hall–Kier alpha value is -0.220. The molecule has 1 fully saturated rings. The summed E-state index contributed by atoms with van der Waals surface area (Å²) in [5.74, 6) is 0. The quantitative estimate of drug-likeness (QED) is 0.527. The van der Waals surface area contributed by atoms with Gasteiger partial charge in [0.1, 0.15) is 0 Å². The average Bonchev–Trinajstić information content (AvgIpc) is 1.93. The second-order valence-electron chi connectivity index (χ2n) is 2.94. The summed E-state index contributed by atoms with van der Waals surface area (Å²) in [6, 6.07) is 0. The highest BCUT2D eigenvalue weighted by molar-refractivity contribution is 4.61. The van der Waals surface area contributed by atoms with Gasteiger partial charge in [-0.05, 0) is 0 Å². The molecular formula is C7H14F2N2. The van der Waals surface area contributed by atoms with E-state index in [0.29, 0.717) is 0 Å². The zero-order chi connectivity index (χ0) is 8.27. The van der Waals surface area contributed by atoms with Crippen LogP contribution in [0.15, 0.2) is 0 Å². The molecule has 2 nitrogen and oxygen atoms in total. The standard InChI is InChI=1S/C7H14F2N2/c1-10-2-4-11(5-3-10)6-7(8)9/h7,10H,1-6H2. The van der Waals surface area contributed by atoms with Crippen molar-refractivity contribution in [3.63, 3.8) is 0 Å². The first kappa shape index (κ1) is 8.87. The van der Waals surface area contributed by atoms with Gasteiger partial charge in [0.05, 0.1) is 19.6 Å². The van der Waals surface area contributed by atoms with Crippen LogP contribution in [0.5, 0.6) is 0 Å². The van der Waals surface area contributed by atoms with Gasteiger partial charge in [-0.1, -0.05) is 0 Å². The van der Waals surface area contributed by atoms with Crippen LogP contribution in [0.25, 0.3) is 0 Å². The minimum Gasteiger partial charge on any atom is -0.466 e. The van der Waals surface area contributed by atoms with Gasteiger partial charge in [-0.3, -0.25) is 4.90 Å². The topological polar surface area (TPSA) is 7.68 Å². The lowest BCUT2D eigenvalue weighted by atomic mass is 10.3. The molecule has 1 saturated heterocycles. The summed E-state index contributed by atoms with van der Waals surface area (Å²) in [4.78, 5) is 2.98. The summed E-state index contributed by atoms with van der Waals surface area (Å²) in [6.45, 7) is 3.19. The summed E-state index contributed by atoms with van der Waals surface area (Å²) in [5, 5.41) is 0. The predicted octanol–water partition coefficient (Wildman–Crippen LogP) is -0.756. The van der Waals surface area contributed by atoms with Gasteiger partial charge in [-0.25, -0.2) is 8.78 Å². The first-order valence-electron chi connectivity index (χ1n) is 3.85. The van der Waals surface area contributed by atoms with E-state index in [1.165, 1.54) is 4.90 Å². The minimum absolute atomic E-state index is 0.0761. The Morgan fingerprint density at radius 2 is 1.91 bits per heavy atom. The van der Waals surface area contributed by atoms with E-state index in [-0.39, 0.29) is 6.54 Å². The van der Waals surface area contributed by atoms with Gasteiger partial charge in [0.15, 0.2) is 0 Å². The van der Waals surface area contributed by atoms with Crippen molar-refractivity contribution in [3.05, 3.63) is 7.05 Å². The number of hydrogen-bond acceptors (Lipinski definition) is 1. The number of nitrogens with zero attached hydrogens (tertiary/aromatic N) is 1. The van der Waals surface area contributed by atoms with Gasteiger partial charge >= 0.3 is 0 Å². The van der Waals surface area contributed by atoms with Crippen LogP contribution in [0, 0.1) is 7.05 Å². The third-order valence-electron chi connectivity index (χ3n) is 1.96. The summed E-state index contributed by atoms with van der Waals surface area (Å²) in [6.07, 6.45) is -2.19. The van der Waals surface area contributed by atoms with E-state index in [2.05, 4.69) is 7.05 Å². The number of piperazine rings is 1. The second kappa shape index (κ2) is 3.97. The van der Waals surface area contributed by atoms with Crippen molar-refractivity contribution in [1.29, 1.82) is 0 Å². The van der Waals surface area contributed by atoms with E-state index in [4.69, 9.17) is 0 Å². The number of halogens is 2. The fraction of sp³-hybridized carbons (Fsp3) is 0.857. The lowest BCUT2D eigenvalue weighted by Crippen LogP contribution is -3.10. The van der Waals surface area contributed by atoms with Crippen LogP contribution >= 0.6 is 0 Å². The van der Waals surface area contributed by atoms with Crippen molar-refractivity contribution in [2.75, 3.05) is 32.7 Å². The van der Waals surface area contributed by atoms with Gasteiger partial charge < -0.3 is 4.90 Å². The molecule has 0 radical (unpaired) electrons. The Morgan fingerprint density at radius 1 is 1.36 bits per heavy atom. The van der Waals surface area contributed by atoms with Crippen LogP contribution in [0.3, 0.4) is 0 Å². The normalized spacial score (nSPS) is 22.9. The molecule has 11 heavy (non-hydrogen) atoms. The molecule has 1 rings (SSSR count). The molecular weight excluding hydrogens is 150 g/mol. The minimum atomic E-state index is -2.19. The van der Waals surface area contributed by atoms with Crippen molar-refractivity contribution in [2.24, 2.45) is 0 Å². The largest absolute Gasteiger partial charge is 0.466 e. The monoisotopic (exact) mass is 164 g/mol. The summed E-state index contributed by atoms with van der Waals surface area (Å²) < 4.78 is 23.7. The maximum Gasteiger partial charge on any atom is 0.251 e. The lowest BCUT2D eigenvalue weighted by Gasteiger charge is -2.33. The summed E-state index contributed by atoms with van der Waals surface area (Å²) in [5.41, 5.74) is 0. The summed E-state index contributed by atoms with van der Waals surface area (Å²) >= 11 is 0. The van der Waals surface area contributed by atoms with Crippen LogP contribution in [-0.2, 0) is 0 Å². The van der Waals surface area contributed by atoms with E-state index in [1.54, 1.807) is 4.90 Å². The van der Waals surface area contributed by atoms with E-state index in [9.17, 15) is 8.78 Å². The molecule has 0 aliphatic carbocycles. The molecule has 0 bridgehead atoms. The van der Waals surface area contributed by atoms with Gasteiger partial charge in [0, 0.05) is 13.1 Å². The van der Waals surface area contributed by atoms with Crippen molar-refractivity contribution < 1.29 is 13.7 Å². The first-order valence-corrected chi connectivity index (χ1v) is 3.85. The fourth-order valence-electron chi connectivity index (χ4n) is 1.25. The van der Waals surface area contributed by atoms with Crippen LogP contribution in [0.4, 0.5) is 8.78 Å². The average molecular weight is 164 g/mol. The van der Waals surface area contributed by atoms with Crippen LogP contribution in [0.2, 0.25) is 0 Å². The second-order valence-corrected chi connectivity index (χ2v) is 2.94. The molecule has 0 aromatic heterocycles. The van der Waals surface area contributed by atoms with Crippen LogP contribution in [0.1, 0.15) is 0 Å². The molecule has 0 spiro atoms. The molecule has 0 unspecified atom stereocenters. The Morgan fingerprint density at radius 3 is 2.36 bits per heavy atom. The highest BCUT2D eigenvalue weighted by Gasteiger charge is 2.16. The maximum atomic E-state index is 11.9. The fourth-order valence-corrected chi connectivity index (χ4v) is 1.25. The first-order chi connectivity index (χ1) is 5.18. The predicted molar refractivity (Wildman–Crippen MR) is 38.5 cm³/mol. The molecule has 0 amide bonds. The molecule has 0 saturated carbocycles. The van der Waals surface area contributed by atoms with Crippen molar-refractivity contribution in [2.45, 2.75) is 6.43 Å². The van der Waals surface area contributed by atoms with Crippen LogP contribution in [-0.4, -0.2) is 44.0 Å². The molecule has 66 valence electrons. The lowest BCUT2D eigenvalue weighted by molar-refractivity contribution is -0.858. The Labute approximate surface area is 65.8 Å². The Balaban J connectivity index is 2.17. The zero-order valence-corrected chi connectivity index (χ0v) is 6.52. The molecule has 1 heterocycles. The van der Waals surface area contributed by atoms with Gasteiger partial charge in [-0.15, -0.1) is 0 Å². The number of nitrogens with one attached hydrogen (secondary N) is 1. The van der Waals surface area contributed by atoms with Crippen molar-refractivity contribution in [3.8, 4) is 0 Å². The third kappa shape index (κ3) is 3.12. The molecule has 0 aromatic carbocycles. The number of hydrogen-bond donors (Lipinski definition) is 1. The number of quaternary nitrogens is 1. The number of rotatable bonds is 2. The SMILES string of the molecule is [CH2-][NH+]1CCN(CC(F)F)CC1. The van der Waals surface area contributed by atoms with E-state index in [0.717, 1.165) is 26.2 Å². The molecule has 1 N–H and O–H groups in total. The van der Waals surface area contributed by atoms with Crippen molar-refractivity contribution in [1.82, 2.24) is 4.90 Å². The Bertz CT molecular complexity index is 111. The third-order valence-corrected chi connectivity index (χ3v) is 1.96. The van der Waals surface area contributed by atoms with E-state index < -0.39 is 6.43 Å². The molecule has 1 aliphatic heterocycles. The van der Waals surface area contributed by atoms with Gasteiger partial charge in [0.25, 0.3) is 6.43 Å². The van der Waals surface area contributed by atoms with E-state index in [1.807, 2.05) is 0 Å². The molecule has 0 aromatic rings. The highest BCUT2D eigenvalue weighted by Crippen LogP contribution is 1.97. The van der Waals surface area contributed by atoms with E-state index >= 15 is 0 Å². The molecule has 4 heteroatoms. The Kier molecular flexibility index (Phi) is 3.20. The van der Waals surface area contributed by atoms with Gasteiger partial charge in [0.2, 0.25) is 0 Å². The summed E-state index contributed by atoms with van der Waals surface area (Å²) in [7, 11) is 3.81. The molecule has 1 aliphatic rings.